The SMILES string of the molecule is CC(C)(C)OC(=O)/C=C\C(=O)O[C@@H]1C[C@@H]2CC[C@@]1(C)C2(C)C. The summed E-state index contributed by atoms with van der Waals surface area (Å²) in [6.45, 7) is 12.1. The van der Waals surface area contributed by atoms with E-state index in [9.17, 15) is 9.59 Å². The maximum Gasteiger partial charge on any atom is 0.331 e. The normalized spacial score (nSPS) is 33.2. The van der Waals surface area contributed by atoms with Gasteiger partial charge in [-0.2, -0.15) is 0 Å². The third kappa shape index (κ3) is 3.06. The largest absolute Gasteiger partial charge is 0.459 e. The van der Waals surface area contributed by atoms with Crippen molar-refractivity contribution in [3.05, 3.63) is 12.2 Å². The molecule has 0 aromatic rings. The van der Waals surface area contributed by atoms with Gasteiger partial charge in [-0.05, 0) is 51.4 Å². The van der Waals surface area contributed by atoms with E-state index < -0.39 is 17.5 Å². The Balaban J connectivity index is 1.93. The molecule has 3 atom stereocenters. The molecule has 0 amide bonds. The topological polar surface area (TPSA) is 52.6 Å². The van der Waals surface area contributed by atoms with Gasteiger partial charge in [0.15, 0.2) is 0 Å². The molecule has 0 saturated heterocycles. The highest BCUT2D eigenvalue weighted by Gasteiger charge is 2.62. The van der Waals surface area contributed by atoms with E-state index in [0.717, 1.165) is 18.9 Å². The smallest absolute Gasteiger partial charge is 0.331 e. The van der Waals surface area contributed by atoms with Crippen molar-refractivity contribution in [1.82, 2.24) is 0 Å². The first-order valence-electron chi connectivity index (χ1n) is 8.07. The van der Waals surface area contributed by atoms with Gasteiger partial charge >= 0.3 is 11.9 Å². The monoisotopic (exact) mass is 308 g/mol. The van der Waals surface area contributed by atoms with E-state index >= 15 is 0 Å². The molecule has 0 aliphatic heterocycles. The highest BCUT2D eigenvalue weighted by Crippen LogP contribution is 2.66. The van der Waals surface area contributed by atoms with Crippen molar-refractivity contribution in [2.24, 2.45) is 16.7 Å². The zero-order valence-corrected chi connectivity index (χ0v) is 14.6. The molecule has 22 heavy (non-hydrogen) atoms. The lowest BCUT2D eigenvalue weighted by atomic mass is 9.70. The van der Waals surface area contributed by atoms with Gasteiger partial charge in [0, 0.05) is 17.6 Å². The molecule has 2 rings (SSSR count). The number of ether oxygens (including phenoxy) is 2. The molecule has 2 fully saturated rings. The number of carbonyl (C=O) groups is 2. The van der Waals surface area contributed by atoms with E-state index in [-0.39, 0.29) is 16.9 Å². The zero-order valence-electron chi connectivity index (χ0n) is 14.6. The van der Waals surface area contributed by atoms with E-state index in [1.54, 1.807) is 20.8 Å². The molecule has 4 heteroatoms. The van der Waals surface area contributed by atoms with E-state index in [0.29, 0.717) is 5.92 Å². The molecule has 0 aromatic heterocycles. The van der Waals surface area contributed by atoms with Crippen molar-refractivity contribution in [2.75, 3.05) is 0 Å². The first kappa shape index (κ1) is 17.0. The minimum atomic E-state index is -0.562. The maximum absolute atomic E-state index is 12.0. The summed E-state index contributed by atoms with van der Waals surface area (Å²) >= 11 is 0. The standard InChI is InChI=1S/C18H28O4/c1-16(2,3)22-15(20)8-7-14(19)21-13-11-12-9-10-18(13,6)17(12,4)5/h7-8,12-13H,9-11H2,1-6H3/b8-7-/t12-,13+,18+/m0/s1. The van der Waals surface area contributed by atoms with Gasteiger partial charge in [-0.3, -0.25) is 0 Å². The summed E-state index contributed by atoms with van der Waals surface area (Å²) in [5, 5.41) is 0. The molecule has 2 aliphatic rings. The number of carbonyl (C=O) groups excluding carboxylic acids is 2. The van der Waals surface area contributed by atoms with Crippen molar-refractivity contribution in [3.63, 3.8) is 0 Å². The molecule has 0 spiro atoms. The van der Waals surface area contributed by atoms with Crippen LogP contribution in [0.25, 0.3) is 0 Å². The molecule has 2 aliphatic carbocycles. The van der Waals surface area contributed by atoms with Crippen LogP contribution in [-0.4, -0.2) is 23.6 Å². The van der Waals surface area contributed by atoms with Gasteiger partial charge in [0.2, 0.25) is 0 Å². The second-order valence-corrected chi connectivity index (χ2v) is 8.40. The molecule has 2 bridgehead atoms. The van der Waals surface area contributed by atoms with Gasteiger partial charge in [0.1, 0.15) is 11.7 Å². The van der Waals surface area contributed by atoms with Crippen molar-refractivity contribution in [1.29, 1.82) is 0 Å². The minimum absolute atomic E-state index is 0.0348. The minimum Gasteiger partial charge on any atom is -0.459 e. The van der Waals surface area contributed by atoms with Crippen LogP contribution in [0.2, 0.25) is 0 Å². The molecule has 0 heterocycles. The molecular weight excluding hydrogens is 280 g/mol. The lowest BCUT2D eigenvalue weighted by Gasteiger charge is -2.38. The van der Waals surface area contributed by atoms with Crippen LogP contribution >= 0.6 is 0 Å². The summed E-state index contributed by atoms with van der Waals surface area (Å²) in [6, 6.07) is 0. The predicted molar refractivity (Wildman–Crippen MR) is 84.1 cm³/mol. The van der Waals surface area contributed by atoms with Crippen LogP contribution in [0.1, 0.15) is 60.8 Å². The first-order valence-corrected chi connectivity index (χ1v) is 8.07. The third-order valence-corrected chi connectivity index (χ3v) is 5.73. The highest BCUT2D eigenvalue weighted by molar-refractivity contribution is 5.91. The first-order chi connectivity index (χ1) is 9.96. The fraction of sp³-hybridized carbons (Fsp3) is 0.778. The summed E-state index contributed by atoms with van der Waals surface area (Å²) < 4.78 is 10.8. The lowest BCUT2D eigenvalue weighted by molar-refractivity contribution is -0.152. The van der Waals surface area contributed by atoms with Gasteiger partial charge in [0.25, 0.3) is 0 Å². The van der Waals surface area contributed by atoms with E-state index in [1.165, 1.54) is 12.5 Å². The van der Waals surface area contributed by atoms with Crippen LogP contribution < -0.4 is 0 Å². The van der Waals surface area contributed by atoms with Gasteiger partial charge < -0.3 is 9.47 Å². The second kappa shape index (κ2) is 5.39. The molecule has 4 nitrogen and oxygen atoms in total. The summed E-state index contributed by atoms with van der Waals surface area (Å²) in [7, 11) is 0. The average Bonchev–Trinajstić information content (AvgIpc) is 2.67. The fourth-order valence-corrected chi connectivity index (χ4v) is 3.96. The van der Waals surface area contributed by atoms with E-state index in [1.807, 2.05) is 0 Å². The van der Waals surface area contributed by atoms with Crippen LogP contribution in [0.4, 0.5) is 0 Å². The van der Waals surface area contributed by atoms with Crippen LogP contribution in [0, 0.1) is 16.7 Å². The summed E-state index contributed by atoms with van der Waals surface area (Å²) in [5.74, 6) is -0.366. The fourth-order valence-electron chi connectivity index (χ4n) is 3.96. The van der Waals surface area contributed by atoms with Crippen molar-refractivity contribution >= 4 is 11.9 Å². The van der Waals surface area contributed by atoms with Gasteiger partial charge in [0.05, 0.1) is 0 Å². The van der Waals surface area contributed by atoms with Crippen molar-refractivity contribution in [2.45, 2.75) is 72.5 Å². The van der Waals surface area contributed by atoms with Crippen molar-refractivity contribution < 1.29 is 19.1 Å². The molecule has 124 valence electrons. The lowest BCUT2D eigenvalue weighted by Crippen LogP contribution is -2.38. The van der Waals surface area contributed by atoms with Crippen LogP contribution in [0.5, 0.6) is 0 Å². The number of fused-ring (bicyclic) bond motifs is 2. The van der Waals surface area contributed by atoms with Crippen molar-refractivity contribution in [3.8, 4) is 0 Å². The molecule has 0 radical (unpaired) electrons. The van der Waals surface area contributed by atoms with Gasteiger partial charge in [-0.15, -0.1) is 0 Å². The van der Waals surface area contributed by atoms with E-state index in [2.05, 4.69) is 20.8 Å². The molecule has 0 N–H and O–H groups in total. The molecule has 0 aromatic carbocycles. The Morgan fingerprint density at radius 2 is 1.68 bits per heavy atom. The number of esters is 2. The number of hydrogen-bond donors (Lipinski definition) is 0. The Morgan fingerprint density at radius 3 is 2.14 bits per heavy atom. The summed E-state index contributed by atoms with van der Waals surface area (Å²) in [5.41, 5.74) is -0.326. The van der Waals surface area contributed by atoms with E-state index in [4.69, 9.17) is 9.47 Å². The second-order valence-electron chi connectivity index (χ2n) is 8.40. The third-order valence-electron chi connectivity index (χ3n) is 5.73. The Morgan fingerprint density at radius 1 is 1.09 bits per heavy atom. The zero-order chi connectivity index (χ0) is 16.8. The van der Waals surface area contributed by atoms with Gasteiger partial charge in [-0.1, -0.05) is 20.8 Å². The number of hydrogen-bond acceptors (Lipinski definition) is 4. The number of rotatable bonds is 3. The Hall–Kier alpha value is -1.32. The summed E-state index contributed by atoms with van der Waals surface area (Å²) in [6.07, 6.45) is 5.50. The molecular formula is C18H28O4. The Kier molecular flexibility index (Phi) is 4.18. The Bertz CT molecular complexity index is 498. The quantitative estimate of drug-likeness (QED) is 0.590. The van der Waals surface area contributed by atoms with Crippen LogP contribution in [-0.2, 0) is 19.1 Å². The maximum atomic E-state index is 12.0. The average molecular weight is 308 g/mol. The predicted octanol–water partition coefficient (Wildman–Crippen LogP) is 3.64. The molecule has 0 unspecified atom stereocenters. The summed E-state index contributed by atoms with van der Waals surface area (Å²) in [4.78, 5) is 23.6. The molecule has 2 saturated carbocycles. The van der Waals surface area contributed by atoms with Crippen LogP contribution in [0.3, 0.4) is 0 Å². The van der Waals surface area contributed by atoms with Gasteiger partial charge in [-0.25, -0.2) is 9.59 Å². The van der Waals surface area contributed by atoms with Crippen LogP contribution in [0.15, 0.2) is 12.2 Å². The Labute approximate surface area is 133 Å². The highest BCUT2D eigenvalue weighted by atomic mass is 16.6.